The van der Waals surface area contributed by atoms with Crippen molar-refractivity contribution in [3.63, 3.8) is 0 Å². The van der Waals surface area contributed by atoms with Gasteiger partial charge in [0.2, 0.25) is 0 Å². The lowest BCUT2D eigenvalue weighted by atomic mass is 9.77. The molecule has 4 rings (SSSR count). The Labute approximate surface area is 266 Å². The molecule has 0 radical (unpaired) electrons. The van der Waals surface area contributed by atoms with E-state index in [0.29, 0.717) is 32.5 Å². The van der Waals surface area contributed by atoms with Gasteiger partial charge >= 0.3 is 0 Å². The zero-order valence-electron chi connectivity index (χ0n) is 27.1. The number of unbranched alkanes of at least 4 members (excludes halogenated alkanes) is 10. The molecular formula is C38H52F6O. The molecule has 0 heterocycles. The van der Waals surface area contributed by atoms with Crippen molar-refractivity contribution in [1.29, 1.82) is 0 Å². The van der Waals surface area contributed by atoms with Crippen LogP contribution in [0.5, 0.6) is 0 Å². The van der Waals surface area contributed by atoms with Gasteiger partial charge < -0.3 is 4.74 Å². The minimum absolute atomic E-state index is 0.0398. The van der Waals surface area contributed by atoms with Crippen molar-refractivity contribution < 1.29 is 31.1 Å². The third-order valence-corrected chi connectivity index (χ3v) is 9.84. The number of alkyl halides is 2. The van der Waals surface area contributed by atoms with Crippen molar-refractivity contribution in [2.45, 2.75) is 141 Å². The second-order valence-electron chi connectivity index (χ2n) is 13.5. The Kier molecular flexibility index (Phi) is 14.2. The molecule has 2 aliphatic rings. The molecule has 0 aromatic heterocycles. The smallest absolute Gasteiger partial charge is 0.279 e. The van der Waals surface area contributed by atoms with Crippen LogP contribution in [0.3, 0.4) is 0 Å². The van der Waals surface area contributed by atoms with Crippen LogP contribution in [0.4, 0.5) is 26.3 Å². The summed E-state index contributed by atoms with van der Waals surface area (Å²) in [6.45, 7) is 3.42. The van der Waals surface area contributed by atoms with Crippen molar-refractivity contribution in [2.24, 2.45) is 11.8 Å². The molecule has 1 atom stereocenters. The van der Waals surface area contributed by atoms with Gasteiger partial charge in [-0.1, -0.05) is 103 Å². The van der Waals surface area contributed by atoms with Crippen LogP contribution < -0.4 is 0 Å². The average molecular weight is 639 g/mol. The van der Waals surface area contributed by atoms with Crippen LogP contribution in [0.2, 0.25) is 0 Å². The Morgan fingerprint density at radius 3 is 2.00 bits per heavy atom. The maximum Gasteiger partial charge on any atom is 0.279 e. The molecule has 0 aliphatic heterocycles. The first-order valence-electron chi connectivity index (χ1n) is 17.7. The van der Waals surface area contributed by atoms with Crippen molar-refractivity contribution in [2.75, 3.05) is 13.2 Å². The molecule has 1 unspecified atom stereocenters. The number of benzene rings is 2. The van der Waals surface area contributed by atoms with E-state index in [1.807, 2.05) is 0 Å². The first-order chi connectivity index (χ1) is 21.8. The molecule has 0 N–H and O–H groups in total. The Hall–Kier alpha value is -2.02. The van der Waals surface area contributed by atoms with E-state index in [0.717, 1.165) is 63.4 Å². The largest absolute Gasteiger partial charge is 0.381 e. The van der Waals surface area contributed by atoms with E-state index in [2.05, 4.69) is 6.92 Å². The highest BCUT2D eigenvalue weighted by Gasteiger charge is 2.48. The second kappa shape index (κ2) is 17.8. The summed E-state index contributed by atoms with van der Waals surface area (Å²) >= 11 is 0. The van der Waals surface area contributed by atoms with Crippen LogP contribution in [0.15, 0.2) is 18.2 Å². The summed E-state index contributed by atoms with van der Waals surface area (Å²) in [6, 6.07) is 3.74. The molecule has 45 heavy (non-hydrogen) atoms. The summed E-state index contributed by atoms with van der Waals surface area (Å²) in [4.78, 5) is 0. The lowest BCUT2D eigenvalue weighted by molar-refractivity contribution is -0.0823. The number of aryl methyl sites for hydroxylation is 2. The molecule has 2 aromatic carbocycles. The fourth-order valence-corrected chi connectivity index (χ4v) is 6.83. The minimum Gasteiger partial charge on any atom is -0.381 e. The Morgan fingerprint density at radius 2 is 1.29 bits per heavy atom. The maximum atomic E-state index is 15.5. The highest BCUT2D eigenvalue weighted by Crippen LogP contribution is 2.49. The predicted octanol–water partition coefficient (Wildman–Crippen LogP) is 12.4. The van der Waals surface area contributed by atoms with Crippen LogP contribution in [0.25, 0.3) is 11.1 Å². The molecule has 1 fully saturated rings. The van der Waals surface area contributed by atoms with Gasteiger partial charge in [-0.3, -0.25) is 0 Å². The fourth-order valence-electron chi connectivity index (χ4n) is 6.83. The van der Waals surface area contributed by atoms with Crippen LogP contribution in [-0.2, 0) is 23.5 Å². The Morgan fingerprint density at radius 1 is 0.667 bits per heavy atom. The molecule has 0 bridgehead atoms. The molecule has 1 nitrogen and oxygen atoms in total. The summed E-state index contributed by atoms with van der Waals surface area (Å²) in [5.41, 5.74) is -1.73. The van der Waals surface area contributed by atoms with Crippen molar-refractivity contribution in [1.82, 2.24) is 0 Å². The normalized spacial score (nSPS) is 17.5. The first-order valence-corrected chi connectivity index (χ1v) is 17.7. The molecule has 7 heteroatoms. The molecule has 0 saturated heterocycles. The Balaban J connectivity index is 1.30. The van der Waals surface area contributed by atoms with Crippen molar-refractivity contribution in [3.8, 4) is 11.1 Å². The average Bonchev–Trinajstić information content (AvgIpc) is 3.84. The first kappa shape index (κ1) is 35.8. The Bertz CT molecular complexity index is 1210. The highest BCUT2D eigenvalue weighted by atomic mass is 19.3. The van der Waals surface area contributed by atoms with Crippen LogP contribution in [-0.4, -0.2) is 13.2 Å². The van der Waals surface area contributed by atoms with Crippen LogP contribution >= 0.6 is 0 Å². The lowest BCUT2D eigenvalue weighted by Crippen LogP contribution is -2.33. The van der Waals surface area contributed by atoms with Gasteiger partial charge in [0.15, 0.2) is 23.3 Å². The van der Waals surface area contributed by atoms with Crippen LogP contribution in [0.1, 0.15) is 139 Å². The van der Waals surface area contributed by atoms with E-state index < -0.39 is 51.8 Å². The van der Waals surface area contributed by atoms with E-state index in [4.69, 9.17) is 4.74 Å². The molecule has 1 saturated carbocycles. The molecule has 0 spiro atoms. The molecule has 252 valence electrons. The standard InChI is InChI=1S/C38H52F6O/c1-2-3-13-24-45-25-14-9-12-17-30-22-20-29-26-32(36(41)37(42)33(29)38(30,43)44)31-23-21-28(34(39)35(31)40)16-11-8-6-4-5-7-10-15-27-18-19-27/h21,23,26-27,30H,2-20,22,24-25H2,1H3. The van der Waals surface area contributed by atoms with E-state index in [1.165, 1.54) is 50.7 Å². The van der Waals surface area contributed by atoms with Gasteiger partial charge in [-0.2, -0.15) is 0 Å². The van der Waals surface area contributed by atoms with Gasteiger partial charge in [0.05, 0.1) is 5.56 Å². The predicted molar refractivity (Wildman–Crippen MR) is 170 cm³/mol. The molecule has 2 aliphatic carbocycles. The summed E-state index contributed by atoms with van der Waals surface area (Å²) in [5.74, 6) is -9.23. The van der Waals surface area contributed by atoms with E-state index in [1.54, 1.807) is 0 Å². The van der Waals surface area contributed by atoms with Gasteiger partial charge in [-0.15, -0.1) is 0 Å². The topological polar surface area (TPSA) is 9.23 Å². The molecule has 0 amide bonds. The lowest BCUT2D eigenvalue weighted by Gasteiger charge is -2.34. The molecule has 2 aromatic rings. The number of hydrogen-bond acceptors (Lipinski definition) is 1. The zero-order chi connectivity index (χ0) is 32.2. The maximum absolute atomic E-state index is 15.5. The number of halogens is 6. The minimum atomic E-state index is -3.54. The van der Waals surface area contributed by atoms with Gasteiger partial charge in [-0.25, -0.2) is 26.3 Å². The van der Waals surface area contributed by atoms with E-state index >= 15 is 26.3 Å². The summed E-state index contributed by atoms with van der Waals surface area (Å²) in [7, 11) is 0. The number of rotatable bonds is 21. The third-order valence-electron chi connectivity index (χ3n) is 9.84. The number of ether oxygens (including phenoxy) is 1. The van der Waals surface area contributed by atoms with Gasteiger partial charge in [0.1, 0.15) is 0 Å². The number of fused-ring (bicyclic) bond motifs is 1. The fraction of sp³-hybridized carbons (Fsp3) is 0.684. The molecular weight excluding hydrogens is 586 g/mol. The van der Waals surface area contributed by atoms with Gasteiger partial charge in [-0.05, 0) is 68.1 Å². The van der Waals surface area contributed by atoms with E-state index in [-0.39, 0.29) is 30.4 Å². The van der Waals surface area contributed by atoms with E-state index in [9.17, 15) is 0 Å². The zero-order valence-corrected chi connectivity index (χ0v) is 27.1. The third kappa shape index (κ3) is 9.98. The van der Waals surface area contributed by atoms with Crippen LogP contribution in [0, 0.1) is 35.1 Å². The quantitative estimate of drug-likeness (QED) is 0.0976. The summed E-state index contributed by atoms with van der Waals surface area (Å²) in [6.07, 6.45) is 17.8. The van der Waals surface area contributed by atoms with Gasteiger partial charge in [0.25, 0.3) is 5.92 Å². The second-order valence-corrected chi connectivity index (χ2v) is 13.5. The highest BCUT2D eigenvalue weighted by molar-refractivity contribution is 5.68. The van der Waals surface area contributed by atoms with Gasteiger partial charge in [0, 0.05) is 30.3 Å². The van der Waals surface area contributed by atoms with Crippen molar-refractivity contribution >= 4 is 0 Å². The monoisotopic (exact) mass is 638 g/mol. The summed E-state index contributed by atoms with van der Waals surface area (Å²) < 4.78 is 97.4. The summed E-state index contributed by atoms with van der Waals surface area (Å²) in [5, 5.41) is 0. The van der Waals surface area contributed by atoms with Crippen molar-refractivity contribution in [3.05, 3.63) is 58.2 Å². The SMILES string of the molecule is CCCCCOCCCCCC1CCc2cc(-c3ccc(CCCCCCCCCC4CC4)c(F)c3F)c(F)c(F)c2C1(F)F. The number of hydrogen-bond donors (Lipinski definition) is 0.